The van der Waals surface area contributed by atoms with Crippen LogP contribution in [-0.4, -0.2) is 22.7 Å². The molecule has 1 heterocycles. The Bertz CT molecular complexity index is 688. The van der Waals surface area contributed by atoms with E-state index in [-0.39, 0.29) is 18.3 Å². The third-order valence-electron chi connectivity index (χ3n) is 3.29. The molecule has 0 bridgehead atoms. The van der Waals surface area contributed by atoms with E-state index in [1.165, 1.54) is 23.5 Å². The average Bonchev–Trinajstić information content (AvgIpc) is 3.03. The molecule has 2 amide bonds. The van der Waals surface area contributed by atoms with Crippen molar-refractivity contribution in [2.75, 3.05) is 11.9 Å². The lowest BCUT2D eigenvalue weighted by molar-refractivity contribution is -0.384. The van der Waals surface area contributed by atoms with Gasteiger partial charge in [0, 0.05) is 23.6 Å². The number of rotatable bonds is 6. The van der Waals surface area contributed by atoms with Crippen molar-refractivity contribution >= 4 is 28.7 Å². The van der Waals surface area contributed by atoms with Crippen LogP contribution in [-0.2, 0) is 0 Å². The summed E-state index contributed by atoms with van der Waals surface area (Å²) in [4.78, 5) is 23.4. The van der Waals surface area contributed by atoms with E-state index in [0.717, 1.165) is 10.4 Å². The predicted octanol–water partition coefficient (Wildman–Crippen LogP) is 3.21. The Morgan fingerprint density at radius 2 is 2.22 bits per heavy atom. The number of aliphatic hydroxyl groups is 1. The van der Waals surface area contributed by atoms with Crippen molar-refractivity contribution in [2.24, 2.45) is 0 Å². The van der Waals surface area contributed by atoms with Crippen LogP contribution in [0.3, 0.4) is 0 Å². The van der Waals surface area contributed by atoms with E-state index in [4.69, 9.17) is 5.11 Å². The summed E-state index contributed by atoms with van der Waals surface area (Å²) < 4.78 is 0. The van der Waals surface area contributed by atoms with Crippen LogP contribution < -0.4 is 10.6 Å². The maximum atomic E-state index is 12.2. The van der Waals surface area contributed by atoms with Gasteiger partial charge in [-0.3, -0.25) is 10.1 Å². The third-order valence-corrected chi connectivity index (χ3v) is 4.28. The van der Waals surface area contributed by atoms with Crippen LogP contribution in [0, 0.1) is 17.0 Å². The molecule has 3 N–H and O–H groups in total. The molecule has 0 aliphatic heterocycles. The molecular weight excluding hydrogens is 318 g/mol. The topological polar surface area (TPSA) is 105 Å². The lowest BCUT2D eigenvalue weighted by Gasteiger charge is -2.17. The number of carbonyl (C=O) groups is 1. The van der Waals surface area contributed by atoms with Gasteiger partial charge in [-0.2, -0.15) is 0 Å². The molecule has 1 aromatic carbocycles. The number of nitro benzene ring substituents is 1. The Balaban J connectivity index is 2.09. The Morgan fingerprint density at radius 1 is 1.43 bits per heavy atom. The van der Waals surface area contributed by atoms with E-state index in [9.17, 15) is 14.9 Å². The zero-order valence-electron chi connectivity index (χ0n) is 12.5. The molecular formula is C15H17N3O4S. The van der Waals surface area contributed by atoms with Gasteiger partial charge in [0.1, 0.15) is 0 Å². The van der Waals surface area contributed by atoms with Gasteiger partial charge in [-0.1, -0.05) is 12.1 Å². The van der Waals surface area contributed by atoms with Crippen molar-refractivity contribution < 1.29 is 14.8 Å². The number of amides is 2. The first-order chi connectivity index (χ1) is 11.0. The van der Waals surface area contributed by atoms with Crippen molar-refractivity contribution in [1.29, 1.82) is 0 Å². The first-order valence-electron chi connectivity index (χ1n) is 6.98. The normalized spacial score (nSPS) is 11.7. The number of nitrogens with zero attached hydrogens (tertiary/aromatic N) is 1. The second-order valence-corrected chi connectivity index (χ2v) is 5.91. The van der Waals surface area contributed by atoms with Crippen molar-refractivity contribution in [3.8, 4) is 0 Å². The molecule has 8 heteroatoms. The molecule has 1 atom stereocenters. The minimum absolute atomic E-state index is 0.0569. The van der Waals surface area contributed by atoms with Gasteiger partial charge < -0.3 is 15.7 Å². The molecule has 0 spiro atoms. The van der Waals surface area contributed by atoms with E-state index >= 15 is 0 Å². The van der Waals surface area contributed by atoms with Crippen molar-refractivity contribution in [2.45, 2.75) is 19.4 Å². The highest BCUT2D eigenvalue weighted by Crippen LogP contribution is 2.24. The molecule has 23 heavy (non-hydrogen) atoms. The zero-order valence-corrected chi connectivity index (χ0v) is 13.3. The first kappa shape index (κ1) is 16.9. The maximum absolute atomic E-state index is 12.2. The van der Waals surface area contributed by atoms with Crippen LogP contribution in [0.1, 0.15) is 22.9 Å². The Morgan fingerprint density at radius 3 is 2.83 bits per heavy atom. The predicted molar refractivity (Wildman–Crippen MR) is 88.8 cm³/mol. The molecule has 0 radical (unpaired) electrons. The standard InChI is InChI=1S/C15H17N3O4S/c1-10-4-5-11(18(21)22)9-13(10)17-15(20)16-12(6-7-19)14-3-2-8-23-14/h2-5,8-9,12,19H,6-7H2,1H3,(H2,16,17,20). The molecule has 122 valence electrons. The lowest BCUT2D eigenvalue weighted by atomic mass is 10.1. The maximum Gasteiger partial charge on any atom is 0.319 e. The largest absolute Gasteiger partial charge is 0.396 e. The van der Waals surface area contributed by atoms with E-state index in [0.29, 0.717) is 12.1 Å². The van der Waals surface area contributed by atoms with Crippen LogP contribution in [0.2, 0.25) is 0 Å². The number of nitro groups is 1. The fourth-order valence-corrected chi connectivity index (χ4v) is 2.89. The number of anilines is 1. The van der Waals surface area contributed by atoms with Crippen LogP contribution in [0.5, 0.6) is 0 Å². The third kappa shape index (κ3) is 4.51. The number of hydrogen-bond donors (Lipinski definition) is 3. The van der Waals surface area contributed by atoms with Crippen molar-refractivity contribution in [3.63, 3.8) is 0 Å². The number of hydrogen-bond acceptors (Lipinski definition) is 5. The number of urea groups is 1. The van der Waals surface area contributed by atoms with Crippen LogP contribution in [0.4, 0.5) is 16.2 Å². The van der Waals surface area contributed by atoms with Crippen molar-refractivity contribution in [1.82, 2.24) is 5.32 Å². The summed E-state index contributed by atoms with van der Waals surface area (Å²) in [6, 6.07) is 7.26. The molecule has 0 aliphatic carbocycles. The molecule has 0 saturated heterocycles. The summed E-state index contributed by atoms with van der Waals surface area (Å²) in [5, 5.41) is 27.2. The van der Waals surface area contributed by atoms with Gasteiger partial charge in [-0.15, -0.1) is 11.3 Å². The van der Waals surface area contributed by atoms with E-state index < -0.39 is 11.0 Å². The molecule has 0 fully saturated rings. The number of thiophene rings is 1. The highest BCUT2D eigenvalue weighted by atomic mass is 32.1. The quantitative estimate of drug-likeness (QED) is 0.557. The van der Waals surface area contributed by atoms with Gasteiger partial charge >= 0.3 is 6.03 Å². The number of non-ortho nitro benzene ring substituents is 1. The fourth-order valence-electron chi connectivity index (χ4n) is 2.08. The summed E-state index contributed by atoms with van der Waals surface area (Å²) in [5.74, 6) is 0. The number of aliphatic hydroxyl groups excluding tert-OH is 1. The van der Waals surface area contributed by atoms with Gasteiger partial charge in [0.2, 0.25) is 0 Å². The van der Waals surface area contributed by atoms with Crippen LogP contribution in [0.25, 0.3) is 0 Å². The van der Waals surface area contributed by atoms with Gasteiger partial charge in [0.05, 0.1) is 16.7 Å². The second-order valence-electron chi connectivity index (χ2n) is 4.94. The molecule has 0 saturated carbocycles. The SMILES string of the molecule is Cc1ccc([N+](=O)[O-])cc1NC(=O)NC(CCO)c1cccs1. The summed E-state index contributed by atoms with van der Waals surface area (Å²) in [7, 11) is 0. The monoisotopic (exact) mass is 335 g/mol. The summed E-state index contributed by atoms with van der Waals surface area (Å²) in [6.07, 6.45) is 0.391. The minimum Gasteiger partial charge on any atom is -0.396 e. The van der Waals surface area contributed by atoms with Gasteiger partial charge in [0.25, 0.3) is 5.69 Å². The van der Waals surface area contributed by atoms with Crippen LogP contribution >= 0.6 is 11.3 Å². The number of carbonyl (C=O) groups excluding carboxylic acids is 1. The number of nitrogens with one attached hydrogen (secondary N) is 2. The van der Waals surface area contributed by atoms with Crippen molar-refractivity contribution in [3.05, 3.63) is 56.3 Å². The summed E-state index contributed by atoms with van der Waals surface area (Å²) in [5.41, 5.74) is 1.02. The first-order valence-corrected chi connectivity index (χ1v) is 7.86. The Hall–Kier alpha value is -2.45. The number of aryl methyl sites for hydroxylation is 1. The zero-order chi connectivity index (χ0) is 16.8. The molecule has 2 aromatic rings. The average molecular weight is 335 g/mol. The van der Waals surface area contributed by atoms with Crippen LogP contribution in [0.15, 0.2) is 35.7 Å². The Labute approximate surface area is 137 Å². The number of benzene rings is 1. The molecule has 1 unspecified atom stereocenters. The van der Waals surface area contributed by atoms with Gasteiger partial charge in [-0.25, -0.2) is 4.79 Å². The lowest BCUT2D eigenvalue weighted by Crippen LogP contribution is -2.33. The second kappa shape index (κ2) is 7.70. The smallest absolute Gasteiger partial charge is 0.319 e. The molecule has 2 rings (SSSR count). The van der Waals surface area contributed by atoms with E-state index in [1.54, 1.807) is 13.0 Å². The van der Waals surface area contributed by atoms with E-state index in [2.05, 4.69) is 10.6 Å². The Kier molecular flexibility index (Phi) is 5.67. The fraction of sp³-hybridized carbons (Fsp3) is 0.267. The van der Waals surface area contributed by atoms with Gasteiger partial charge in [-0.05, 0) is 30.4 Å². The summed E-state index contributed by atoms with van der Waals surface area (Å²) >= 11 is 1.49. The summed E-state index contributed by atoms with van der Waals surface area (Å²) in [6.45, 7) is 1.70. The highest BCUT2D eigenvalue weighted by Gasteiger charge is 2.16. The van der Waals surface area contributed by atoms with Gasteiger partial charge in [0.15, 0.2) is 0 Å². The van der Waals surface area contributed by atoms with E-state index in [1.807, 2.05) is 17.5 Å². The molecule has 0 aliphatic rings. The molecule has 1 aromatic heterocycles. The minimum atomic E-state index is -0.511. The molecule has 7 nitrogen and oxygen atoms in total. The highest BCUT2D eigenvalue weighted by molar-refractivity contribution is 7.10.